The Morgan fingerprint density at radius 1 is 1.33 bits per heavy atom. The highest BCUT2D eigenvalue weighted by Gasteiger charge is 2.30. The Balaban J connectivity index is 1.78. The molecule has 18 heavy (non-hydrogen) atoms. The third-order valence-corrected chi connectivity index (χ3v) is 3.51. The Labute approximate surface area is 105 Å². The van der Waals surface area contributed by atoms with E-state index in [1.807, 2.05) is 23.0 Å². The van der Waals surface area contributed by atoms with Gasteiger partial charge in [-0.2, -0.15) is 5.10 Å². The second-order valence-electron chi connectivity index (χ2n) is 4.67. The fourth-order valence-corrected chi connectivity index (χ4v) is 2.29. The summed E-state index contributed by atoms with van der Waals surface area (Å²) in [6.45, 7) is 0. The molecule has 1 heterocycles. The Morgan fingerprint density at radius 3 is 2.89 bits per heavy atom. The van der Waals surface area contributed by atoms with Crippen LogP contribution in [0.15, 0.2) is 36.5 Å². The summed E-state index contributed by atoms with van der Waals surface area (Å²) < 4.78 is 20.3. The molecule has 0 saturated heterocycles. The molecule has 0 atom stereocenters. The Kier molecular flexibility index (Phi) is 2.88. The molecule has 1 saturated carbocycles. The van der Waals surface area contributed by atoms with Crippen LogP contribution in [0.4, 0.5) is 4.39 Å². The van der Waals surface area contributed by atoms with Gasteiger partial charge in [0.05, 0.1) is 17.8 Å². The summed E-state index contributed by atoms with van der Waals surface area (Å²) in [5.74, 6) is -0.231. The van der Waals surface area contributed by atoms with Crippen LogP contribution in [-0.2, 0) is 4.74 Å². The molecule has 0 bridgehead atoms. The molecule has 0 amide bonds. The molecular formula is C14H15FN2O. The maximum Gasteiger partial charge on any atom is 0.123 e. The van der Waals surface area contributed by atoms with Gasteiger partial charge in [0, 0.05) is 18.9 Å². The Bertz CT molecular complexity index is 546. The molecule has 0 aliphatic heterocycles. The summed E-state index contributed by atoms with van der Waals surface area (Å²) in [6.07, 6.45) is 4.31. The smallest absolute Gasteiger partial charge is 0.123 e. The van der Waals surface area contributed by atoms with Crippen LogP contribution in [0, 0.1) is 5.82 Å². The summed E-state index contributed by atoms with van der Waals surface area (Å²) in [4.78, 5) is 0. The van der Waals surface area contributed by atoms with Crippen molar-refractivity contribution in [2.24, 2.45) is 0 Å². The van der Waals surface area contributed by atoms with Crippen molar-refractivity contribution < 1.29 is 9.13 Å². The summed E-state index contributed by atoms with van der Waals surface area (Å²) in [7, 11) is 1.74. The third kappa shape index (κ3) is 2.04. The lowest BCUT2D eigenvalue weighted by Gasteiger charge is -2.34. The second kappa shape index (κ2) is 4.53. The van der Waals surface area contributed by atoms with Gasteiger partial charge in [-0.05, 0) is 31.0 Å². The molecule has 1 aromatic carbocycles. The zero-order chi connectivity index (χ0) is 12.5. The van der Waals surface area contributed by atoms with Gasteiger partial charge in [-0.25, -0.2) is 4.39 Å². The van der Waals surface area contributed by atoms with Crippen LogP contribution in [-0.4, -0.2) is 23.0 Å². The van der Waals surface area contributed by atoms with E-state index in [-0.39, 0.29) is 5.82 Å². The number of hydrogen-bond acceptors (Lipinski definition) is 2. The number of aromatic nitrogens is 2. The van der Waals surface area contributed by atoms with Crippen molar-refractivity contribution in [2.75, 3.05) is 7.11 Å². The van der Waals surface area contributed by atoms with Crippen LogP contribution in [0.3, 0.4) is 0 Å². The summed E-state index contributed by atoms with van der Waals surface area (Å²) >= 11 is 0. The van der Waals surface area contributed by atoms with Crippen molar-refractivity contribution in [2.45, 2.75) is 25.0 Å². The van der Waals surface area contributed by atoms with Gasteiger partial charge in [-0.15, -0.1) is 0 Å². The number of ether oxygens (including phenoxy) is 1. The fraction of sp³-hybridized carbons (Fsp3) is 0.357. The number of rotatable bonds is 3. The van der Waals surface area contributed by atoms with E-state index in [0.717, 1.165) is 24.1 Å². The maximum absolute atomic E-state index is 13.1. The van der Waals surface area contributed by atoms with E-state index in [0.29, 0.717) is 12.1 Å². The van der Waals surface area contributed by atoms with Gasteiger partial charge < -0.3 is 4.74 Å². The zero-order valence-electron chi connectivity index (χ0n) is 10.2. The van der Waals surface area contributed by atoms with Gasteiger partial charge in [0.25, 0.3) is 0 Å². The lowest BCUT2D eigenvalue weighted by Crippen LogP contribution is -2.32. The highest BCUT2D eigenvalue weighted by atomic mass is 19.1. The minimum absolute atomic E-state index is 0.231. The van der Waals surface area contributed by atoms with Gasteiger partial charge in [0.15, 0.2) is 0 Å². The highest BCUT2D eigenvalue weighted by Crippen LogP contribution is 2.34. The maximum atomic E-state index is 13.1. The predicted octanol–water partition coefficient (Wildman–Crippen LogP) is 3.04. The highest BCUT2D eigenvalue weighted by molar-refractivity contribution is 5.58. The summed E-state index contributed by atoms with van der Waals surface area (Å²) in [5, 5.41) is 4.51. The first-order valence-corrected chi connectivity index (χ1v) is 6.10. The molecule has 1 fully saturated rings. The summed E-state index contributed by atoms with van der Waals surface area (Å²) in [6, 6.07) is 8.86. The van der Waals surface area contributed by atoms with Crippen LogP contribution in [0.1, 0.15) is 18.9 Å². The van der Waals surface area contributed by atoms with Crippen molar-refractivity contribution in [1.82, 2.24) is 9.78 Å². The lowest BCUT2D eigenvalue weighted by atomic mass is 9.89. The molecule has 0 unspecified atom stereocenters. The minimum Gasteiger partial charge on any atom is -0.381 e. The molecule has 1 aliphatic rings. The van der Waals surface area contributed by atoms with Gasteiger partial charge in [-0.1, -0.05) is 12.1 Å². The van der Waals surface area contributed by atoms with Crippen molar-refractivity contribution in [3.8, 4) is 11.3 Å². The second-order valence-corrected chi connectivity index (χ2v) is 4.67. The van der Waals surface area contributed by atoms with E-state index in [1.165, 1.54) is 12.1 Å². The monoisotopic (exact) mass is 246 g/mol. The Morgan fingerprint density at radius 2 is 2.17 bits per heavy atom. The topological polar surface area (TPSA) is 27.1 Å². The standard InChI is InChI=1S/C14H15FN2O/c1-18-13-8-12(9-13)17-6-5-14(16-17)10-3-2-4-11(15)7-10/h2-7,12-13H,8-9H2,1H3. The van der Waals surface area contributed by atoms with Crippen LogP contribution in [0.5, 0.6) is 0 Å². The minimum atomic E-state index is -0.231. The molecule has 94 valence electrons. The van der Waals surface area contributed by atoms with Gasteiger partial charge in [0.1, 0.15) is 5.82 Å². The molecule has 1 aromatic heterocycles. The molecule has 2 aromatic rings. The molecule has 3 rings (SSSR count). The van der Waals surface area contributed by atoms with Gasteiger partial charge in [-0.3, -0.25) is 4.68 Å². The molecule has 0 spiro atoms. The quantitative estimate of drug-likeness (QED) is 0.832. The Hall–Kier alpha value is -1.68. The van der Waals surface area contributed by atoms with E-state index >= 15 is 0 Å². The first-order chi connectivity index (χ1) is 8.76. The van der Waals surface area contributed by atoms with Crippen molar-refractivity contribution in [3.05, 3.63) is 42.3 Å². The molecule has 0 N–H and O–H groups in total. The first kappa shape index (κ1) is 11.4. The number of halogens is 1. The number of nitrogens with zero attached hydrogens (tertiary/aromatic N) is 2. The van der Waals surface area contributed by atoms with E-state index in [4.69, 9.17) is 4.74 Å². The summed E-state index contributed by atoms with van der Waals surface area (Å²) in [5.41, 5.74) is 1.63. The van der Waals surface area contributed by atoms with E-state index < -0.39 is 0 Å². The normalized spacial score (nSPS) is 22.8. The van der Waals surface area contributed by atoms with Crippen molar-refractivity contribution in [3.63, 3.8) is 0 Å². The largest absolute Gasteiger partial charge is 0.381 e. The van der Waals surface area contributed by atoms with Gasteiger partial charge >= 0.3 is 0 Å². The molecular weight excluding hydrogens is 231 g/mol. The molecule has 1 aliphatic carbocycles. The number of benzene rings is 1. The van der Waals surface area contributed by atoms with Crippen LogP contribution in [0.2, 0.25) is 0 Å². The van der Waals surface area contributed by atoms with Gasteiger partial charge in [0.2, 0.25) is 0 Å². The molecule has 4 heteroatoms. The molecule has 3 nitrogen and oxygen atoms in total. The third-order valence-electron chi connectivity index (χ3n) is 3.51. The number of hydrogen-bond donors (Lipinski definition) is 0. The van der Waals surface area contributed by atoms with E-state index in [2.05, 4.69) is 5.10 Å². The lowest BCUT2D eigenvalue weighted by molar-refractivity contribution is 0.00255. The van der Waals surface area contributed by atoms with E-state index in [9.17, 15) is 4.39 Å². The van der Waals surface area contributed by atoms with Crippen LogP contribution in [0.25, 0.3) is 11.3 Å². The number of methoxy groups -OCH3 is 1. The zero-order valence-corrected chi connectivity index (χ0v) is 10.2. The SMILES string of the molecule is COC1CC(n2ccc(-c3cccc(F)c3)n2)C1. The van der Waals surface area contributed by atoms with Crippen molar-refractivity contribution >= 4 is 0 Å². The van der Waals surface area contributed by atoms with Crippen LogP contribution < -0.4 is 0 Å². The average molecular weight is 246 g/mol. The molecule has 0 radical (unpaired) electrons. The fourth-order valence-electron chi connectivity index (χ4n) is 2.29. The van der Waals surface area contributed by atoms with E-state index in [1.54, 1.807) is 13.2 Å². The van der Waals surface area contributed by atoms with Crippen molar-refractivity contribution in [1.29, 1.82) is 0 Å². The average Bonchev–Trinajstić information content (AvgIpc) is 2.77. The first-order valence-electron chi connectivity index (χ1n) is 6.10. The predicted molar refractivity (Wildman–Crippen MR) is 66.7 cm³/mol. The van der Waals surface area contributed by atoms with Crippen LogP contribution >= 0.6 is 0 Å².